The van der Waals surface area contributed by atoms with Gasteiger partial charge in [-0.2, -0.15) is 0 Å². The topological polar surface area (TPSA) is 68.5 Å². The zero-order valence-electron chi connectivity index (χ0n) is 10.9. The average Bonchev–Trinajstić information content (AvgIpc) is 2.42. The summed E-state index contributed by atoms with van der Waals surface area (Å²) in [5, 5.41) is 0. The number of hydrogen-bond acceptors (Lipinski definition) is 4. The summed E-state index contributed by atoms with van der Waals surface area (Å²) in [7, 11) is 1.79. The monoisotopic (exact) mass is 327 g/mol. The van der Waals surface area contributed by atoms with Crippen LogP contribution in [0.3, 0.4) is 0 Å². The first-order chi connectivity index (χ1) is 9.08. The second kappa shape index (κ2) is 6.34. The Bertz CT molecular complexity index is 461. The van der Waals surface area contributed by atoms with Crippen LogP contribution in [0.15, 0.2) is 16.7 Å². The van der Waals surface area contributed by atoms with E-state index in [1.807, 2.05) is 0 Å². The van der Waals surface area contributed by atoms with Crippen molar-refractivity contribution in [3.05, 3.63) is 22.3 Å². The lowest BCUT2D eigenvalue weighted by atomic mass is 10.0. The molecule has 0 spiro atoms. The highest BCUT2D eigenvalue weighted by Gasteiger charge is 2.21. The van der Waals surface area contributed by atoms with Gasteiger partial charge in [0.05, 0.1) is 12.2 Å². The molecule has 1 fully saturated rings. The number of nitrogens with zero attached hydrogens (tertiary/aromatic N) is 2. The second-order valence-electron chi connectivity index (χ2n) is 4.86. The summed E-state index contributed by atoms with van der Waals surface area (Å²) < 4.78 is 6.18. The fourth-order valence-electron chi connectivity index (χ4n) is 2.25. The Morgan fingerprint density at radius 1 is 1.68 bits per heavy atom. The van der Waals surface area contributed by atoms with Gasteiger partial charge in [-0.1, -0.05) is 0 Å². The van der Waals surface area contributed by atoms with Gasteiger partial charge >= 0.3 is 0 Å². The molecule has 104 valence electrons. The van der Waals surface area contributed by atoms with Crippen molar-refractivity contribution in [3.63, 3.8) is 0 Å². The zero-order chi connectivity index (χ0) is 13.8. The van der Waals surface area contributed by atoms with Crippen molar-refractivity contribution in [1.29, 1.82) is 0 Å². The Balaban J connectivity index is 2.03. The van der Waals surface area contributed by atoms with Gasteiger partial charge in [0.2, 0.25) is 0 Å². The summed E-state index contributed by atoms with van der Waals surface area (Å²) in [6, 6.07) is 1.71. The SMILES string of the molecule is CN(CC1CCCOC1)C(=O)c1cc(Br)cnc1N. The van der Waals surface area contributed by atoms with Crippen molar-refractivity contribution in [1.82, 2.24) is 9.88 Å². The van der Waals surface area contributed by atoms with Crippen molar-refractivity contribution in [2.45, 2.75) is 12.8 Å². The predicted molar refractivity (Wildman–Crippen MR) is 76.9 cm³/mol. The third-order valence-corrected chi connectivity index (χ3v) is 3.68. The highest BCUT2D eigenvalue weighted by molar-refractivity contribution is 9.10. The minimum atomic E-state index is -0.100. The third kappa shape index (κ3) is 3.67. The number of nitrogen functional groups attached to an aromatic ring is 1. The van der Waals surface area contributed by atoms with Crippen LogP contribution in [0.25, 0.3) is 0 Å². The Kier molecular flexibility index (Phi) is 4.76. The number of carbonyl (C=O) groups excluding carboxylic acids is 1. The number of anilines is 1. The summed E-state index contributed by atoms with van der Waals surface area (Å²) in [6.07, 6.45) is 3.75. The van der Waals surface area contributed by atoms with Crippen molar-refractivity contribution in [3.8, 4) is 0 Å². The molecule has 0 saturated carbocycles. The van der Waals surface area contributed by atoms with Gasteiger partial charge in [0.1, 0.15) is 5.82 Å². The minimum absolute atomic E-state index is 0.100. The summed E-state index contributed by atoms with van der Waals surface area (Å²) in [5.41, 5.74) is 6.20. The molecule has 6 heteroatoms. The van der Waals surface area contributed by atoms with E-state index in [-0.39, 0.29) is 11.7 Å². The Morgan fingerprint density at radius 2 is 2.47 bits per heavy atom. The molecule has 1 amide bonds. The molecule has 0 aromatic carbocycles. The number of pyridine rings is 1. The van der Waals surface area contributed by atoms with Gasteiger partial charge < -0.3 is 15.4 Å². The molecule has 2 heterocycles. The molecule has 19 heavy (non-hydrogen) atoms. The molecule has 2 rings (SSSR count). The Hall–Kier alpha value is -1.14. The first kappa shape index (κ1) is 14.3. The van der Waals surface area contributed by atoms with Crippen molar-refractivity contribution >= 4 is 27.7 Å². The first-order valence-electron chi connectivity index (χ1n) is 6.32. The number of halogens is 1. The molecule has 1 aromatic rings. The molecular weight excluding hydrogens is 310 g/mol. The third-order valence-electron chi connectivity index (χ3n) is 3.25. The maximum atomic E-state index is 12.3. The van der Waals surface area contributed by atoms with E-state index in [2.05, 4.69) is 20.9 Å². The number of nitrogens with two attached hydrogens (primary N) is 1. The molecule has 1 aromatic heterocycles. The quantitative estimate of drug-likeness (QED) is 0.920. The van der Waals surface area contributed by atoms with Crippen LogP contribution >= 0.6 is 15.9 Å². The Morgan fingerprint density at radius 3 is 3.16 bits per heavy atom. The first-order valence-corrected chi connectivity index (χ1v) is 7.11. The molecule has 1 atom stereocenters. The number of hydrogen-bond donors (Lipinski definition) is 1. The van der Waals surface area contributed by atoms with Crippen LogP contribution in [0.4, 0.5) is 5.82 Å². The van der Waals surface area contributed by atoms with Crippen LogP contribution in [-0.2, 0) is 4.74 Å². The summed E-state index contributed by atoms with van der Waals surface area (Å²) in [6.45, 7) is 2.24. The van der Waals surface area contributed by atoms with E-state index in [4.69, 9.17) is 10.5 Å². The standard InChI is InChI=1S/C13H18BrN3O2/c1-17(7-9-3-2-4-19-8-9)13(18)11-5-10(14)6-16-12(11)15/h5-6,9H,2-4,7-8H2,1H3,(H2,15,16). The van der Waals surface area contributed by atoms with Gasteiger partial charge in [0, 0.05) is 30.9 Å². The number of rotatable bonds is 3. The van der Waals surface area contributed by atoms with Crippen molar-refractivity contribution in [2.75, 3.05) is 32.5 Å². The van der Waals surface area contributed by atoms with Crippen LogP contribution in [0.1, 0.15) is 23.2 Å². The van der Waals surface area contributed by atoms with Crippen LogP contribution in [0.2, 0.25) is 0 Å². The highest BCUT2D eigenvalue weighted by atomic mass is 79.9. The summed E-state index contributed by atoms with van der Waals surface area (Å²) >= 11 is 3.30. The smallest absolute Gasteiger partial charge is 0.257 e. The van der Waals surface area contributed by atoms with Gasteiger partial charge in [-0.05, 0) is 40.8 Å². The van der Waals surface area contributed by atoms with Crippen LogP contribution in [0, 0.1) is 5.92 Å². The lowest BCUT2D eigenvalue weighted by Gasteiger charge is -2.27. The fourth-order valence-corrected chi connectivity index (χ4v) is 2.58. The molecule has 1 aliphatic heterocycles. The van der Waals surface area contributed by atoms with E-state index in [0.29, 0.717) is 18.0 Å². The number of aromatic nitrogens is 1. The molecule has 1 saturated heterocycles. The lowest BCUT2D eigenvalue weighted by molar-refractivity contribution is 0.0389. The molecular formula is C13H18BrN3O2. The normalized spacial score (nSPS) is 19.2. The molecule has 0 bridgehead atoms. The van der Waals surface area contributed by atoms with Gasteiger partial charge in [0.15, 0.2) is 0 Å². The van der Waals surface area contributed by atoms with E-state index in [1.54, 1.807) is 24.2 Å². The molecule has 0 radical (unpaired) electrons. The van der Waals surface area contributed by atoms with Gasteiger partial charge in [-0.15, -0.1) is 0 Å². The van der Waals surface area contributed by atoms with E-state index >= 15 is 0 Å². The maximum Gasteiger partial charge on any atom is 0.257 e. The average molecular weight is 328 g/mol. The van der Waals surface area contributed by atoms with Gasteiger partial charge in [0.25, 0.3) is 5.91 Å². The number of amides is 1. The molecule has 0 aliphatic carbocycles. The summed E-state index contributed by atoms with van der Waals surface area (Å²) in [5.74, 6) is 0.570. The van der Waals surface area contributed by atoms with Crippen molar-refractivity contribution in [2.24, 2.45) is 5.92 Å². The molecule has 1 aliphatic rings. The van der Waals surface area contributed by atoms with Gasteiger partial charge in [-0.3, -0.25) is 4.79 Å². The number of ether oxygens (including phenoxy) is 1. The van der Waals surface area contributed by atoms with E-state index < -0.39 is 0 Å². The number of carbonyl (C=O) groups is 1. The van der Waals surface area contributed by atoms with Gasteiger partial charge in [-0.25, -0.2) is 4.98 Å². The zero-order valence-corrected chi connectivity index (χ0v) is 12.5. The Labute approximate surface area is 121 Å². The van der Waals surface area contributed by atoms with E-state index in [9.17, 15) is 4.79 Å². The molecule has 5 nitrogen and oxygen atoms in total. The van der Waals surface area contributed by atoms with E-state index in [0.717, 1.165) is 30.5 Å². The summed E-state index contributed by atoms with van der Waals surface area (Å²) in [4.78, 5) is 18.0. The lowest BCUT2D eigenvalue weighted by Crippen LogP contribution is -2.35. The van der Waals surface area contributed by atoms with Crippen LogP contribution in [0.5, 0.6) is 0 Å². The van der Waals surface area contributed by atoms with E-state index in [1.165, 1.54) is 0 Å². The fraction of sp³-hybridized carbons (Fsp3) is 0.538. The second-order valence-corrected chi connectivity index (χ2v) is 5.77. The minimum Gasteiger partial charge on any atom is -0.383 e. The van der Waals surface area contributed by atoms with Crippen molar-refractivity contribution < 1.29 is 9.53 Å². The van der Waals surface area contributed by atoms with Crippen LogP contribution in [-0.4, -0.2) is 42.6 Å². The molecule has 1 unspecified atom stereocenters. The van der Waals surface area contributed by atoms with Crippen LogP contribution < -0.4 is 5.73 Å². The molecule has 2 N–H and O–H groups in total. The largest absolute Gasteiger partial charge is 0.383 e. The predicted octanol–water partition coefficient (Wildman–Crippen LogP) is 1.92. The highest BCUT2D eigenvalue weighted by Crippen LogP contribution is 2.19. The maximum absolute atomic E-state index is 12.3.